The molecule has 4 heteroatoms. The molecule has 0 spiro atoms. The van der Waals surface area contributed by atoms with Crippen LogP contribution in [0.3, 0.4) is 0 Å². The summed E-state index contributed by atoms with van der Waals surface area (Å²) in [7, 11) is 0. The number of likely N-dealkylation sites (tertiary alicyclic amines) is 1. The van der Waals surface area contributed by atoms with Crippen LogP contribution in [0.25, 0.3) is 0 Å². The van der Waals surface area contributed by atoms with Crippen LogP contribution in [0.5, 0.6) is 0 Å². The van der Waals surface area contributed by atoms with Crippen molar-refractivity contribution < 1.29 is 13.9 Å². The van der Waals surface area contributed by atoms with E-state index in [0.717, 1.165) is 18.4 Å². The highest BCUT2D eigenvalue weighted by Crippen LogP contribution is 2.33. The Balaban J connectivity index is 2.15. The van der Waals surface area contributed by atoms with Crippen molar-refractivity contribution in [3.63, 3.8) is 0 Å². The van der Waals surface area contributed by atoms with E-state index >= 15 is 0 Å². The van der Waals surface area contributed by atoms with E-state index in [2.05, 4.69) is 0 Å². The van der Waals surface area contributed by atoms with Crippen molar-refractivity contribution in [1.29, 1.82) is 0 Å². The highest BCUT2D eigenvalue weighted by molar-refractivity contribution is 5.69. The van der Waals surface area contributed by atoms with Gasteiger partial charge in [-0.2, -0.15) is 0 Å². The third kappa shape index (κ3) is 3.46. The van der Waals surface area contributed by atoms with Gasteiger partial charge in [-0.25, -0.2) is 9.18 Å². The van der Waals surface area contributed by atoms with Gasteiger partial charge >= 0.3 is 6.09 Å². The summed E-state index contributed by atoms with van der Waals surface area (Å²) in [6.45, 7) is 6.20. The molecule has 1 aliphatic rings. The number of benzene rings is 1. The molecule has 1 atom stereocenters. The number of hydrogen-bond donors (Lipinski definition) is 0. The molecule has 19 heavy (non-hydrogen) atoms. The normalized spacial score (nSPS) is 19.6. The molecule has 0 aliphatic carbocycles. The average molecular weight is 265 g/mol. The Morgan fingerprint density at radius 1 is 1.42 bits per heavy atom. The molecule has 1 aliphatic heterocycles. The highest BCUT2D eigenvalue weighted by Gasteiger charge is 2.33. The van der Waals surface area contributed by atoms with Gasteiger partial charge in [0.05, 0.1) is 6.04 Å². The summed E-state index contributed by atoms with van der Waals surface area (Å²) in [4.78, 5) is 13.8. The molecule has 0 radical (unpaired) electrons. The number of amides is 1. The number of rotatable bonds is 1. The van der Waals surface area contributed by atoms with Crippen LogP contribution in [-0.4, -0.2) is 23.1 Å². The summed E-state index contributed by atoms with van der Waals surface area (Å²) in [6.07, 6.45) is 1.45. The predicted molar refractivity (Wildman–Crippen MR) is 71.3 cm³/mol. The summed E-state index contributed by atoms with van der Waals surface area (Å²) in [5.41, 5.74) is 0.329. The van der Waals surface area contributed by atoms with Crippen molar-refractivity contribution in [2.75, 3.05) is 6.54 Å². The quantitative estimate of drug-likeness (QED) is 0.770. The van der Waals surface area contributed by atoms with Gasteiger partial charge in [-0.05, 0) is 51.3 Å². The molecule has 104 valence electrons. The molecular weight excluding hydrogens is 245 g/mol. The van der Waals surface area contributed by atoms with E-state index in [9.17, 15) is 9.18 Å². The fourth-order valence-electron chi connectivity index (χ4n) is 2.37. The lowest BCUT2D eigenvalue weighted by Gasteiger charge is -2.28. The zero-order valence-corrected chi connectivity index (χ0v) is 11.6. The van der Waals surface area contributed by atoms with Gasteiger partial charge in [-0.15, -0.1) is 0 Å². The molecule has 1 unspecified atom stereocenters. The zero-order chi connectivity index (χ0) is 14.0. The number of nitrogens with zero attached hydrogens (tertiary/aromatic N) is 1. The largest absolute Gasteiger partial charge is 0.444 e. The van der Waals surface area contributed by atoms with Crippen LogP contribution in [0, 0.1) is 5.82 Å². The van der Waals surface area contributed by atoms with Gasteiger partial charge in [-0.1, -0.05) is 12.1 Å². The first-order valence-corrected chi connectivity index (χ1v) is 6.62. The molecule has 1 aromatic rings. The second-order valence-corrected chi connectivity index (χ2v) is 5.89. The van der Waals surface area contributed by atoms with Crippen molar-refractivity contribution in [2.24, 2.45) is 0 Å². The second-order valence-electron chi connectivity index (χ2n) is 5.89. The third-order valence-electron chi connectivity index (χ3n) is 3.11. The van der Waals surface area contributed by atoms with E-state index in [4.69, 9.17) is 4.74 Å². The lowest BCUT2D eigenvalue weighted by Crippen LogP contribution is -2.36. The van der Waals surface area contributed by atoms with Crippen LogP contribution in [0.1, 0.15) is 45.2 Å². The van der Waals surface area contributed by atoms with Gasteiger partial charge in [0.2, 0.25) is 0 Å². The molecule has 3 nitrogen and oxygen atoms in total. The van der Waals surface area contributed by atoms with E-state index in [1.165, 1.54) is 12.1 Å². The molecule has 0 bridgehead atoms. The number of ether oxygens (including phenoxy) is 1. The van der Waals surface area contributed by atoms with E-state index < -0.39 is 5.60 Å². The molecule has 0 N–H and O–H groups in total. The highest BCUT2D eigenvalue weighted by atomic mass is 19.1. The van der Waals surface area contributed by atoms with Crippen LogP contribution in [0.4, 0.5) is 9.18 Å². The summed E-state index contributed by atoms with van der Waals surface area (Å²) >= 11 is 0. The van der Waals surface area contributed by atoms with Gasteiger partial charge in [0, 0.05) is 6.54 Å². The Kier molecular flexibility index (Phi) is 3.78. The Bertz CT molecular complexity index is 467. The maximum atomic E-state index is 13.3. The molecule has 1 aromatic carbocycles. The van der Waals surface area contributed by atoms with Gasteiger partial charge in [0.1, 0.15) is 11.4 Å². The van der Waals surface area contributed by atoms with Crippen molar-refractivity contribution in [3.8, 4) is 0 Å². The molecular formula is C15H20FNO2. The molecule has 0 saturated carbocycles. The summed E-state index contributed by atoms with van der Waals surface area (Å²) in [6, 6.07) is 6.36. The summed E-state index contributed by atoms with van der Waals surface area (Å²) < 4.78 is 18.7. The Morgan fingerprint density at radius 3 is 2.79 bits per heavy atom. The number of hydrogen-bond acceptors (Lipinski definition) is 2. The van der Waals surface area contributed by atoms with Crippen LogP contribution < -0.4 is 0 Å². The fraction of sp³-hybridized carbons (Fsp3) is 0.533. The van der Waals surface area contributed by atoms with Crippen LogP contribution in [0.15, 0.2) is 24.3 Å². The minimum absolute atomic E-state index is 0.0782. The number of halogens is 1. The first-order valence-electron chi connectivity index (χ1n) is 6.62. The van der Waals surface area contributed by atoms with E-state index in [1.807, 2.05) is 26.8 Å². The number of carbonyl (C=O) groups is 1. The molecule has 1 saturated heterocycles. The van der Waals surface area contributed by atoms with Crippen molar-refractivity contribution in [2.45, 2.75) is 45.3 Å². The SMILES string of the molecule is CC(C)(C)OC(=O)N1CCCC1c1cccc(F)c1. The first kappa shape index (κ1) is 13.8. The minimum Gasteiger partial charge on any atom is -0.444 e. The van der Waals surface area contributed by atoms with Crippen LogP contribution in [-0.2, 0) is 4.74 Å². The van der Waals surface area contributed by atoms with Crippen molar-refractivity contribution in [3.05, 3.63) is 35.6 Å². The fourth-order valence-corrected chi connectivity index (χ4v) is 2.37. The zero-order valence-electron chi connectivity index (χ0n) is 11.6. The second kappa shape index (κ2) is 5.19. The van der Waals surface area contributed by atoms with Gasteiger partial charge in [0.15, 0.2) is 0 Å². The molecule has 0 aromatic heterocycles. The topological polar surface area (TPSA) is 29.5 Å². The molecule has 1 amide bonds. The Morgan fingerprint density at radius 2 is 2.16 bits per heavy atom. The van der Waals surface area contributed by atoms with Crippen molar-refractivity contribution in [1.82, 2.24) is 4.90 Å². The van der Waals surface area contributed by atoms with Gasteiger partial charge in [0.25, 0.3) is 0 Å². The molecule has 1 fully saturated rings. The van der Waals surface area contributed by atoms with Crippen LogP contribution >= 0.6 is 0 Å². The number of carbonyl (C=O) groups excluding carboxylic acids is 1. The summed E-state index contributed by atoms with van der Waals surface area (Å²) in [5.74, 6) is -0.270. The Hall–Kier alpha value is -1.58. The van der Waals surface area contributed by atoms with E-state index in [1.54, 1.807) is 11.0 Å². The van der Waals surface area contributed by atoms with Crippen molar-refractivity contribution >= 4 is 6.09 Å². The molecule has 2 rings (SSSR count). The maximum absolute atomic E-state index is 13.3. The third-order valence-corrected chi connectivity index (χ3v) is 3.11. The minimum atomic E-state index is -0.508. The molecule has 1 heterocycles. The van der Waals surface area contributed by atoms with E-state index in [-0.39, 0.29) is 18.0 Å². The average Bonchev–Trinajstić information content (AvgIpc) is 2.75. The maximum Gasteiger partial charge on any atom is 0.410 e. The van der Waals surface area contributed by atoms with Gasteiger partial charge < -0.3 is 9.64 Å². The lowest BCUT2D eigenvalue weighted by atomic mass is 10.0. The van der Waals surface area contributed by atoms with Gasteiger partial charge in [-0.3, -0.25) is 0 Å². The monoisotopic (exact) mass is 265 g/mol. The standard InChI is InChI=1S/C15H20FNO2/c1-15(2,3)19-14(18)17-9-5-8-13(17)11-6-4-7-12(16)10-11/h4,6-7,10,13H,5,8-9H2,1-3H3. The lowest BCUT2D eigenvalue weighted by molar-refractivity contribution is 0.0224. The smallest absolute Gasteiger partial charge is 0.410 e. The van der Waals surface area contributed by atoms with E-state index in [0.29, 0.717) is 6.54 Å². The first-order chi connectivity index (χ1) is 8.87. The Labute approximate surface area is 113 Å². The summed E-state index contributed by atoms with van der Waals surface area (Å²) in [5, 5.41) is 0. The predicted octanol–water partition coefficient (Wildman–Crippen LogP) is 3.90. The van der Waals surface area contributed by atoms with Crippen LogP contribution in [0.2, 0.25) is 0 Å².